The lowest BCUT2D eigenvalue weighted by atomic mass is 9.86. The number of ether oxygens (including phenoxy) is 3. The molecule has 10 heteroatoms. The molecule has 0 aromatic heterocycles. The van der Waals surface area contributed by atoms with E-state index in [2.05, 4.69) is 10.6 Å². The highest BCUT2D eigenvalue weighted by atomic mass is 16.6. The second kappa shape index (κ2) is 17.2. The maximum Gasteiger partial charge on any atom is 0.329 e. The average molecular weight is 619 g/mol. The van der Waals surface area contributed by atoms with Crippen molar-refractivity contribution in [3.63, 3.8) is 0 Å². The zero-order chi connectivity index (χ0) is 33.7. The molecule has 3 atom stereocenters. The lowest BCUT2D eigenvalue weighted by Crippen LogP contribution is -2.51. The van der Waals surface area contributed by atoms with Crippen LogP contribution in [0.4, 0.5) is 4.79 Å². The number of rotatable bonds is 15. The van der Waals surface area contributed by atoms with E-state index in [-0.39, 0.29) is 48.9 Å². The Morgan fingerprint density at radius 1 is 0.750 bits per heavy atom. The molecule has 0 saturated heterocycles. The van der Waals surface area contributed by atoms with Gasteiger partial charge < -0.3 is 24.8 Å². The van der Waals surface area contributed by atoms with E-state index in [1.54, 1.807) is 41.5 Å². The van der Waals surface area contributed by atoms with E-state index in [1.807, 2.05) is 51.1 Å². The summed E-state index contributed by atoms with van der Waals surface area (Å²) in [4.78, 5) is 64.0. The van der Waals surface area contributed by atoms with Crippen LogP contribution in [0.25, 0.3) is 0 Å². The predicted octanol–water partition coefficient (Wildman–Crippen LogP) is 5.69. The van der Waals surface area contributed by atoms with E-state index in [0.29, 0.717) is 19.3 Å². The Bertz CT molecular complexity index is 1100. The van der Waals surface area contributed by atoms with Crippen LogP contribution in [-0.4, -0.2) is 60.1 Å². The standard InChI is InChI=1S/C34H54N2O8/c1-32(2,3)22-25(16-19-28(38)43-33(4,5)6)35-31(41)36-27(30(40)44-34(7,8)9)18-17-26(37)21-24(29(39)42-10)20-23-14-12-11-13-15-23/h11-15,24-25,27H,16-22H2,1-10H3,(H2,35,36,41)/t24-,25+,27+/m1/s1. The molecular weight excluding hydrogens is 564 g/mol. The summed E-state index contributed by atoms with van der Waals surface area (Å²) in [7, 11) is 1.28. The van der Waals surface area contributed by atoms with Crippen LogP contribution in [0.1, 0.15) is 106 Å². The van der Waals surface area contributed by atoms with Gasteiger partial charge in [-0.05, 0) is 78.2 Å². The lowest BCUT2D eigenvalue weighted by Gasteiger charge is -2.29. The minimum absolute atomic E-state index is 0.0117. The van der Waals surface area contributed by atoms with Crippen LogP contribution in [0.3, 0.4) is 0 Å². The number of esters is 3. The summed E-state index contributed by atoms with van der Waals surface area (Å²) < 4.78 is 15.9. The smallest absolute Gasteiger partial charge is 0.329 e. The van der Waals surface area contributed by atoms with Gasteiger partial charge in [0.05, 0.1) is 13.0 Å². The van der Waals surface area contributed by atoms with Crippen LogP contribution < -0.4 is 10.6 Å². The molecule has 1 rings (SSSR count). The van der Waals surface area contributed by atoms with E-state index < -0.39 is 41.1 Å². The molecule has 0 bridgehead atoms. The minimum Gasteiger partial charge on any atom is -0.469 e. The molecule has 0 radical (unpaired) electrons. The molecular formula is C34H54N2O8. The molecule has 248 valence electrons. The maximum absolute atomic E-state index is 13.2. The van der Waals surface area contributed by atoms with Gasteiger partial charge in [-0.1, -0.05) is 51.1 Å². The number of amides is 2. The van der Waals surface area contributed by atoms with Crippen LogP contribution in [0, 0.1) is 11.3 Å². The van der Waals surface area contributed by atoms with Crippen molar-refractivity contribution < 1.29 is 38.2 Å². The molecule has 1 aromatic rings. The summed E-state index contributed by atoms with van der Waals surface area (Å²) in [6.45, 7) is 16.6. The first-order valence-corrected chi connectivity index (χ1v) is 15.3. The molecule has 0 aliphatic heterocycles. The van der Waals surface area contributed by atoms with E-state index in [0.717, 1.165) is 5.56 Å². The summed E-state index contributed by atoms with van der Waals surface area (Å²) >= 11 is 0. The topological polar surface area (TPSA) is 137 Å². The zero-order valence-corrected chi connectivity index (χ0v) is 28.3. The normalized spacial score (nSPS) is 14.0. The lowest BCUT2D eigenvalue weighted by molar-refractivity contribution is -0.157. The van der Waals surface area contributed by atoms with E-state index in [9.17, 15) is 24.0 Å². The monoisotopic (exact) mass is 618 g/mol. The quantitative estimate of drug-likeness (QED) is 0.189. The van der Waals surface area contributed by atoms with Crippen LogP contribution >= 0.6 is 0 Å². The number of benzene rings is 1. The molecule has 0 saturated carbocycles. The third-order valence-electron chi connectivity index (χ3n) is 6.35. The number of ketones is 1. The van der Waals surface area contributed by atoms with Gasteiger partial charge >= 0.3 is 23.9 Å². The molecule has 0 aliphatic carbocycles. The molecule has 1 aromatic carbocycles. The Hall–Kier alpha value is -3.43. The Morgan fingerprint density at radius 3 is 1.86 bits per heavy atom. The van der Waals surface area contributed by atoms with Gasteiger partial charge in [0, 0.05) is 25.3 Å². The first-order chi connectivity index (χ1) is 20.2. The minimum atomic E-state index is -1.11. The van der Waals surface area contributed by atoms with Gasteiger partial charge in [0.15, 0.2) is 0 Å². The van der Waals surface area contributed by atoms with Crippen molar-refractivity contribution in [2.75, 3.05) is 7.11 Å². The third-order valence-corrected chi connectivity index (χ3v) is 6.35. The number of carbonyl (C=O) groups excluding carboxylic acids is 5. The van der Waals surface area contributed by atoms with Crippen LogP contribution in [-0.2, 0) is 39.8 Å². The third kappa shape index (κ3) is 17.6. The Balaban J connectivity index is 2.97. The van der Waals surface area contributed by atoms with Gasteiger partial charge in [0.1, 0.15) is 23.0 Å². The van der Waals surface area contributed by atoms with Crippen LogP contribution in [0.2, 0.25) is 0 Å². The van der Waals surface area contributed by atoms with Crippen molar-refractivity contribution in [2.45, 2.75) is 131 Å². The number of Topliss-reactive ketones (excluding diaryl/α,β-unsaturated/α-hetero) is 1. The molecule has 10 nitrogen and oxygen atoms in total. The first-order valence-electron chi connectivity index (χ1n) is 15.3. The molecule has 0 heterocycles. The summed E-state index contributed by atoms with van der Waals surface area (Å²) in [5.41, 5.74) is -0.681. The van der Waals surface area contributed by atoms with Crippen LogP contribution in [0.5, 0.6) is 0 Å². The second-order valence-corrected chi connectivity index (χ2v) is 14.5. The average Bonchev–Trinajstić information content (AvgIpc) is 2.86. The fourth-order valence-electron chi connectivity index (χ4n) is 4.64. The summed E-state index contributed by atoms with van der Waals surface area (Å²) in [5.74, 6) is -2.43. The molecule has 0 spiro atoms. The highest BCUT2D eigenvalue weighted by molar-refractivity contribution is 5.87. The maximum atomic E-state index is 13.2. The molecule has 0 aliphatic rings. The first kappa shape index (κ1) is 38.6. The van der Waals surface area contributed by atoms with E-state index >= 15 is 0 Å². The highest BCUT2D eigenvalue weighted by Crippen LogP contribution is 2.24. The summed E-state index contributed by atoms with van der Waals surface area (Å²) in [5, 5.41) is 5.58. The number of carbonyl (C=O) groups is 5. The Kier molecular flexibility index (Phi) is 15.1. The van der Waals surface area contributed by atoms with Crippen LogP contribution in [0.15, 0.2) is 30.3 Å². The number of hydrogen-bond donors (Lipinski definition) is 2. The van der Waals surface area contributed by atoms with Crippen molar-refractivity contribution in [1.29, 1.82) is 0 Å². The summed E-state index contributed by atoms with van der Waals surface area (Å²) in [6.07, 6.45) is 1.26. The molecule has 2 N–H and O–H groups in total. The van der Waals surface area contributed by atoms with Gasteiger partial charge in [0.2, 0.25) is 0 Å². The molecule has 0 unspecified atom stereocenters. The van der Waals surface area contributed by atoms with E-state index in [4.69, 9.17) is 14.2 Å². The van der Waals surface area contributed by atoms with Crippen molar-refractivity contribution in [3.8, 4) is 0 Å². The van der Waals surface area contributed by atoms with Crippen molar-refractivity contribution in [3.05, 3.63) is 35.9 Å². The summed E-state index contributed by atoms with van der Waals surface area (Å²) in [6, 6.07) is 7.25. The molecule has 2 amide bonds. The number of hydrogen-bond acceptors (Lipinski definition) is 8. The zero-order valence-electron chi connectivity index (χ0n) is 28.3. The largest absolute Gasteiger partial charge is 0.469 e. The Labute approximate surface area is 263 Å². The van der Waals surface area contributed by atoms with Crippen molar-refractivity contribution >= 4 is 29.7 Å². The van der Waals surface area contributed by atoms with Gasteiger partial charge in [-0.2, -0.15) is 0 Å². The second-order valence-electron chi connectivity index (χ2n) is 14.5. The molecule has 44 heavy (non-hydrogen) atoms. The van der Waals surface area contributed by atoms with Gasteiger partial charge in [-0.15, -0.1) is 0 Å². The number of nitrogens with one attached hydrogen (secondary N) is 2. The SMILES string of the molecule is COC(=O)[C@@H](CC(=O)CC[C@H](NC(=O)N[C@@H](CCC(=O)OC(C)(C)C)CC(C)(C)C)C(=O)OC(C)(C)C)Cc1ccccc1. The van der Waals surface area contributed by atoms with Crippen molar-refractivity contribution in [2.24, 2.45) is 11.3 Å². The Morgan fingerprint density at radius 2 is 1.34 bits per heavy atom. The van der Waals surface area contributed by atoms with Gasteiger partial charge in [-0.3, -0.25) is 14.4 Å². The number of urea groups is 1. The van der Waals surface area contributed by atoms with Gasteiger partial charge in [-0.25, -0.2) is 9.59 Å². The fourth-order valence-corrected chi connectivity index (χ4v) is 4.64. The highest BCUT2D eigenvalue weighted by Gasteiger charge is 2.30. The number of methoxy groups -OCH3 is 1. The van der Waals surface area contributed by atoms with E-state index in [1.165, 1.54) is 7.11 Å². The van der Waals surface area contributed by atoms with Crippen molar-refractivity contribution in [1.82, 2.24) is 10.6 Å². The van der Waals surface area contributed by atoms with Gasteiger partial charge in [0.25, 0.3) is 0 Å². The molecule has 0 fully saturated rings. The predicted molar refractivity (Wildman–Crippen MR) is 169 cm³/mol. The fraction of sp³-hybridized carbons (Fsp3) is 0.676.